The smallest absolute Gasteiger partial charge is 0.147 e. The fraction of sp³-hybridized carbons (Fsp3) is 0.429. The lowest BCUT2D eigenvalue weighted by Crippen LogP contribution is -2.30. The van der Waals surface area contributed by atoms with Crippen molar-refractivity contribution >= 4 is 10.9 Å². The topological polar surface area (TPSA) is 19.0 Å². The van der Waals surface area contributed by atoms with Crippen molar-refractivity contribution in [3.63, 3.8) is 0 Å². The van der Waals surface area contributed by atoms with E-state index in [2.05, 4.69) is 16.9 Å². The number of benzene rings is 1. The van der Waals surface area contributed by atoms with Gasteiger partial charge in [-0.2, -0.15) is 0 Å². The first-order chi connectivity index (χ1) is 8.25. The molecule has 1 aliphatic heterocycles. The minimum atomic E-state index is -0.155. The molecule has 0 bridgehead atoms. The number of nitrogens with one attached hydrogen (secondary N) is 1. The monoisotopic (exact) mass is 232 g/mol. The third-order valence-corrected chi connectivity index (χ3v) is 3.76. The quantitative estimate of drug-likeness (QED) is 0.800. The van der Waals surface area contributed by atoms with E-state index in [9.17, 15) is 4.39 Å². The summed E-state index contributed by atoms with van der Waals surface area (Å²) < 4.78 is 13.6. The Kier molecular flexibility index (Phi) is 2.63. The highest BCUT2D eigenvalue weighted by atomic mass is 19.1. The van der Waals surface area contributed by atoms with Gasteiger partial charge in [0.15, 0.2) is 0 Å². The van der Waals surface area contributed by atoms with Crippen molar-refractivity contribution in [3.05, 3.63) is 35.8 Å². The molecular weight excluding hydrogens is 215 g/mol. The summed E-state index contributed by atoms with van der Waals surface area (Å²) in [6, 6.07) is 5.32. The highest BCUT2D eigenvalue weighted by Gasteiger charge is 2.21. The Bertz CT molecular complexity index is 532. The van der Waals surface area contributed by atoms with E-state index in [1.54, 1.807) is 6.07 Å². The number of fused-ring (bicyclic) bond motifs is 1. The van der Waals surface area contributed by atoms with Crippen molar-refractivity contribution in [1.82, 2.24) is 9.88 Å². The van der Waals surface area contributed by atoms with Crippen molar-refractivity contribution in [2.75, 3.05) is 20.1 Å². The minimum absolute atomic E-state index is 0.155. The lowest BCUT2D eigenvalue weighted by molar-refractivity contribution is 0.251. The zero-order valence-corrected chi connectivity index (χ0v) is 10.0. The molecule has 2 heterocycles. The van der Waals surface area contributed by atoms with E-state index < -0.39 is 0 Å². The summed E-state index contributed by atoms with van der Waals surface area (Å²) >= 11 is 0. The second kappa shape index (κ2) is 4.15. The fourth-order valence-corrected chi connectivity index (χ4v) is 2.90. The number of H-pyrrole nitrogens is 1. The van der Waals surface area contributed by atoms with Gasteiger partial charge >= 0.3 is 0 Å². The lowest BCUT2D eigenvalue weighted by atomic mass is 9.90. The van der Waals surface area contributed by atoms with Gasteiger partial charge in [0.2, 0.25) is 0 Å². The molecule has 1 aliphatic rings. The van der Waals surface area contributed by atoms with Gasteiger partial charge in [-0.3, -0.25) is 0 Å². The van der Waals surface area contributed by atoms with E-state index >= 15 is 0 Å². The van der Waals surface area contributed by atoms with Gasteiger partial charge in [0, 0.05) is 18.1 Å². The van der Waals surface area contributed by atoms with Crippen molar-refractivity contribution < 1.29 is 4.39 Å². The van der Waals surface area contributed by atoms with Crippen molar-refractivity contribution in [1.29, 1.82) is 0 Å². The van der Waals surface area contributed by atoms with Gasteiger partial charge in [-0.15, -0.1) is 0 Å². The van der Waals surface area contributed by atoms with Crippen LogP contribution in [0.25, 0.3) is 10.9 Å². The van der Waals surface area contributed by atoms with Crippen LogP contribution in [0.1, 0.15) is 24.3 Å². The molecule has 3 rings (SSSR count). The molecule has 0 aliphatic carbocycles. The molecule has 90 valence electrons. The first kappa shape index (κ1) is 10.8. The van der Waals surface area contributed by atoms with Crippen LogP contribution >= 0.6 is 0 Å². The van der Waals surface area contributed by atoms with E-state index in [0.717, 1.165) is 11.9 Å². The van der Waals surface area contributed by atoms with Crippen LogP contribution in [-0.4, -0.2) is 30.0 Å². The number of halogens is 1. The SMILES string of the molecule is CN1CCCC(c2c[nH]c3c(F)cccc23)C1. The second-order valence-electron chi connectivity index (χ2n) is 5.01. The van der Waals surface area contributed by atoms with Gasteiger partial charge in [0.05, 0.1) is 5.52 Å². The Hall–Kier alpha value is -1.35. The van der Waals surface area contributed by atoms with Gasteiger partial charge in [-0.25, -0.2) is 4.39 Å². The maximum atomic E-state index is 13.6. The summed E-state index contributed by atoms with van der Waals surface area (Å²) in [6.07, 6.45) is 4.41. The number of rotatable bonds is 1. The fourth-order valence-electron chi connectivity index (χ4n) is 2.90. The van der Waals surface area contributed by atoms with Crippen LogP contribution in [0, 0.1) is 5.82 Å². The number of nitrogens with zero attached hydrogens (tertiary/aromatic N) is 1. The molecule has 0 amide bonds. The summed E-state index contributed by atoms with van der Waals surface area (Å²) in [6.45, 7) is 2.25. The molecule has 1 aromatic heterocycles. The van der Waals surface area contributed by atoms with Crippen LogP contribution in [0.3, 0.4) is 0 Å². The molecule has 3 heteroatoms. The largest absolute Gasteiger partial charge is 0.359 e. The predicted octanol–water partition coefficient (Wildman–Crippen LogP) is 3.12. The molecule has 17 heavy (non-hydrogen) atoms. The van der Waals surface area contributed by atoms with Gasteiger partial charge < -0.3 is 9.88 Å². The molecule has 0 spiro atoms. The van der Waals surface area contributed by atoms with Crippen molar-refractivity contribution in [2.24, 2.45) is 0 Å². The molecule has 2 aromatic rings. The van der Waals surface area contributed by atoms with Crippen molar-refractivity contribution in [2.45, 2.75) is 18.8 Å². The average molecular weight is 232 g/mol. The number of hydrogen-bond donors (Lipinski definition) is 1. The molecule has 1 N–H and O–H groups in total. The zero-order valence-electron chi connectivity index (χ0n) is 10.0. The van der Waals surface area contributed by atoms with Crippen LogP contribution in [-0.2, 0) is 0 Å². The molecule has 1 fully saturated rings. The maximum absolute atomic E-state index is 13.6. The summed E-state index contributed by atoms with van der Waals surface area (Å²) in [5.74, 6) is 0.377. The minimum Gasteiger partial charge on any atom is -0.359 e. The van der Waals surface area contributed by atoms with Gasteiger partial charge in [-0.05, 0) is 44.0 Å². The number of aromatic nitrogens is 1. The molecule has 0 saturated carbocycles. The second-order valence-corrected chi connectivity index (χ2v) is 5.01. The van der Waals surface area contributed by atoms with Crippen LogP contribution < -0.4 is 0 Å². The standard InChI is InChI=1S/C14H17FN2/c1-17-7-3-4-10(9-17)12-8-16-14-11(12)5-2-6-13(14)15/h2,5-6,8,10,16H,3-4,7,9H2,1H3. The first-order valence-corrected chi connectivity index (χ1v) is 6.20. The van der Waals surface area contributed by atoms with Crippen molar-refractivity contribution in [3.8, 4) is 0 Å². The number of likely N-dealkylation sites (N-methyl/N-ethyl adjacent to an activating group) is 1. The van der Waals surface area contributed by atoms with Gasteiger partial charge in [-0.1, -0.05) is 12.1 Å². The number of piperidine rings is 1. The summed E-state index contributed by atoms with van der Waals surface area (Å²) in [7, 11) is 2.15. The third kappa shape index (κ3) is 1.84. The van der Waals surface area contributed by atoms with Crippen LogP contribution in [0.5, 0.6) is 0 Å². The van der Waals surface area contributed by atoms with E-state index in [4.69, 9.17) is 0 Å². The molecule has 0 radical (unpaired) electrons. The van der Waals surface area contributed by atoms with Crippen LogP contribution in [0.4, 0.5) is 4.39 Å². The van der Waals surface area contributed by atoms with Gasteiger partial charge in [0.25, 0.3) is 0 Å². The molecular formula is C14H17FN2. The number of para-hydroxylation sites is 1. The van der Waals surface area contributed by atoms with E-state index in [0.29, 0.717) is 11.4 Å². The highest BCUT2D eigenvalue weighted by Crippen LogP contribution is 2.32. The Labute approximate surface area is 100 Å². The summed E-state index contributed by atoms with van der Waals surface area (Å²) in [5.41, 5.74) is 1.92. The maximum Gasteiger partial charge on any atom is 0.147 e. The lowest BCUT2D eigenvalue weighted by Gasteiger charge is -2.29. The Morgan fingerprint density at radius 2 is 2.29 bits per heavy atom. The van der Waals surface area contributed by atoms with Crippen LogP contribution in [0.2, 0.25) is 0 Å². The van der Waals surface area contributed by atoms with Gasteiger partial charge in [0.1, 0.15) is 5.82 Å². The third-order valence-electron chi connectivity index (χ3n) is 3.76. The first-order valence-electron chi connectivity index (χ1n) is 6.20. The highest BCUT2D eigenvalue weighted by molar-refractivity contribution is 5.84. The Morgan fingerprint density at radius 1 is 1.41 bits per heavy atom. The number of likely N-dealkylation sites (tertiary alicyclic amines) is 1. The van der Waals surface area contributed by atoms with E-state index in [1.165, 1.54) is 31.0 Å². The Morgan fingerprint density at radius 3 is 3.12 bits per heavy atom. The molecule has 1 aromatic carbocycles. The van der Waals surface area contributed by atoms with Crippen LogP contribution in [0.15, 0.2) is 24.4 Å². The van der Waals surface area contributed by atoms with E-state index in [-0.39, 0.29) is 5.82 Å². The summed E-state index contributed by atoms with van der Waals surface area (Å²) in [5, 5.41) is 1.05. The summed E-state index contributed by atoms with van der Waals surface area (Å²) in [4.78, 5) is 5.43. The predicted molar refractivity (Wildman–Crippen MR) is 67.7 cm³/mol. The number of hydrogen-bond acceptors (Lipinski definition) is 1. The normalized spacial score (nSPS) is 22.1. The molecule has 1 saturated heterocycles. The molecule has 1 atom stereocenters. The zero-order chi connectivity index (χ0) is 11.8. The average Bonchev–Trinajstić information content (AvgIpc) is 2.74. The molecule has 2 nitrogen and oxygen atoms in total. The van der Waals surface area contributed by atoms with E-state index in [1.807, 2.05) is 12.3 Å². The Balaban J connectivity index is 2.02. The molecule has 1 unspecified atom stereocenters. The number of aromatic amines is 1.